The Labute approximate surface area is 151 Å². The van der Waals surface area contributed by atoms with Gasteiger partial charge in [0.05, 0.1) is 11.8 Å². The third kappa shape index (κ3) is 4.22. The van der Waals surface area contributed by atoms with Gasteiger partial charge >= 0.3 is 0 Å². The van der Waals surface area contributed by atoms with Crippen LogP contribution in [-0.2, 0) is 0 Å². The smallest absolute Gasteiger partial charge is 0.286 e. The van der Waals surface area contributed by atoms with E-state index in [-0.39, 0.29) is 17.7 Å². The number of carbonyl (C=O) groups is 2. The largest absolute Gasteiger partial charge is 0.459 e. The zero-order chi connectivity index (χ0) is 17.6. The van der Waals surface area contributed by atoms with Crippen molar-refractivity contribution < 1.29 is 14.0 Å². The van der Waals surface area contributed by atoms with Gasteiger partial charge in [0, 0.05) is 25.8 Å². The Morgan fingerprint density at radius 3 is 3.04 bits per heavy atom. The molecular formula is C18H21N3O3S. The third-order valence-corrected chi connectivity index (χ3v) is 5.01. The average molecular weight is 359 g/mol. The molecule has 1 fully saturated rings. The molecular weight excluding hydrogens is 338 g/mol. The van der Waals surface area contributed by atoms with Crippen molar-refractivity contribution in [1.29, 1.82) is 0 Å². The van der Waals surface area contributed by atoms with Crippen molar-refractivity contribution in [3.63, 3.8) is 0 Å². The van der Waals surface area contributed by atoms with E-state index in [2.05, 4.69) is 10.3 Å². The number of pyridine rings is 1. The number of aromatic nitrogens is 1. The summed E-state index contributed by atoms with van der Waals surface area (Å²) < 4.78 is 5.09. The first-order chi connectivity index (χ1) is 12.2. The van der Waals surface area contributed by atoms with Crippen molar-refractivity contribution in [3.05, 3.63) is 48.0 Å². The summed E-state index contributed by atoms with van der Waals surface area (Å²) in [4.78, 5) is 30.9. The Kier molecular flexibility index (Phi) is 5.75. The van der Waals surface area contributed by atoms with Gasteiger partial charge in [-0.15, -0.1) is 11.8 Å². The van der Waals surface area contributed by atoms with Crippen molar-refractivity contribution in [2.24, 2.45) is 5.92 Å². The summed E-state index contributed by atoms with van der Waals surface area (Å²) in [6, 6.07) is 6.94. The molecule has 7 heteroatoms. The molecule has 2 aromatic rings. The minimum Gasteiger partial charge on any atom is -0.459 e. The Bertz CT molecular complexity index is 733. The first-order valence-corrected chi connectivity index (χ1v) is 9.51. The lowest BCUT2D eigenvalue weighted by atomic mass is 9.97. The summed E-state index contributed by atoms with van der Waals surface area (Å²) >= 11 is 1.48. The van der Waals surface area contributed by atoms with Crippen LogP contribution >= 0.6 is 11.8 Å². The van der Waals surface area contributed by atoms with Gasteiger partial charge in [0.15, 0.2) is 5.76 Å². The molecule has 1 aliphatic heterocycles. The zero-order valence-corrected chi connectivity index (χ0v) is 14.9. The number of nitrogens with one attached hydrogen (secondary N) is 1. The van der Waals surface area contributed by atoms with Crippen LogP contribution in [0.25, 0.3) is 0 Å². The second-order valence-corrected chi connectivity index (χ2v) is 6.80. The second-order valence-electron chi connectivity index (χ2n) is 6.01. The minimum atomic E-state index is -0.217. The SMILES string of the molecule is CSc1ncccc1C(=O)N1CCC[C@@H](CNC(=O)c2ccco2)C1. The molecule has 0 unspecified atom stereocenters. The lowest BCUT2D eigenvalue weighted by molar-refractivity contribution is 0.0665. The van der Waals surface area contributed by atoms with E-state index in [1.54, 1.807) is 24.4 Å². The Balaban J connectivity index is 1.59. The summed E-state index contributed by atoms with van der Waals surface area (Å²) in [6.45, 7) is 1.91. The van der Waals surface area contributed by atoms with Gasteiger partial charge < -0.3 is 14.6 Å². The number of carbonyl (C=O) groups excluding carboxylic acids is 2. The van der Waals surface area contributed by atoms with Crippen molar-refractivity contribution in [2.75, 3.05) is 25.9 Å². The van der Waals surface area contributed by atoms with Crippen LogP contribution in [0.1, 0.15) is 33.8 Å². The predicted molar refractivity (Wildman–Crippen MR) is 95.7 cm³/mol. The molecule has 6 nitrogen and oxygen atoms in total. The lowest BCUT2D eigenvalue weighted by Gasteiger charge is -2.33. The molecule has 2 amide bonds. The van der Waals surface area contributed by atoms with Crippen LogP contribution in [0, 0.1) is 5.92 Å². The summed E-state index contributed by atoms with van der Waals surface area (Å²) in [6.07, 6.45) is 7.02. The summed E-state index contributed by atoms with van der Waals surface area (Å²) in [5.74, 6) is 0.347. The quantitative estimate of drug-likeness (QED) is 0.831. The van der Waals surface area contributed by atoms with Crippen LogP contribution in [0.15, 0.2) is 46.2 Å². The Morgan fingerprint density at radius 1 is 1.40 bits per heavy atom. The fourth-order valence-corrected chi connectivity index (χ4v) is 3.58. The molecule has 3 rings (SSSR count). The molecule has 25 heavy (non-hydrogen) atoms. The highest BCUT2D eigenvalue weighted by Crippen LogP contribution is 2.22. The third-order valence-electron chi connectivity index (χ3n) is 4.30. The summed E-state index contributed by atoms with van der Waals surface area (Å²) in [7, 11) is 0. The molecule has 1 atom stereocenters. The van der Waals surface area contributed by atoms with Gasteiger partial charge in [-0.25, -0.2) is 4.98 Å². The monoisotopic (exact) mass is 359 g/mol. The van der Waals surface area contributed by atoms with E-state index in [1.807, 2.05) is 17.2 Å². The molecule has 1 N–H and O–H groups in total. The molecule has 3 heterocycles. The molecule has 0 aromatic carbocycles. The van der Waals surface area contributed by atoms with Crippen molar-refractivity contribution in [1.82, 2.24) is 15.2 Å². The number of piperidine rings is 1. The lowest BCUT2D eigenvalue weighted by Crippen LogP contribution is -2.43. The number of likely N-dealkylation sites (tertiary alicyclic amines) is 1. The van der Waals surface area contributed by atoms with Crippen LogP contribution < -0.4 is 5.32 Å². The Morgan fingerprint density at radius 2 is 2.28 bits per heavy atom. The van der Waals surface area contributed by atoms with Crippen LogP contribution in [0.3, 0.4) is 0 Å². The van der Waals surface area contributed by atoms with E-state index in [1.165, 1.54) is 18.0 Å². The number of nitrogens with zero attached hydrogens (tertiary/aromatic N) is 2. The number of furan rings is 1. The molecule has 0 saturated carbocycles. The van der Waals surface area contributed by atoms with E-state index < -0.39 is 0 Å². The standard InChI is InChI=1S/C18H21N3O3S/c1-25-17-14(6-2-8-19-17)18(23)21-9-3-5-13(12-21)11-20-16(22)15-7-4-10-24-15/h2,4,6-8,10,13H,3,5,9,11-12H2,1H3,(H,20,22)/t13-/m0/s1. The highest BCUT2D eigenvalue weighted by atomic mass is 32.2. The van der Waals surface area contributed by atoms with Crippen molar-refractivity contribution in [2.45, 2.75) is 17.9 Å². The fourth-order valence-electron chi connectivity index (χ4n) is 3.03. The number of hydrogen-bond acceptors (Lipinski definition) is 5. The normalized spacial score (nSPS) is 17.3. The second kappa shape index (κ2) is 8.20. The molecule has 0 radical (unpaired) electrons. The maximum Gasteiger partial charge on any atom is 0.286 e. The molecule has 1 saturated heterocycles. The maximum atomic E-state index is 12.8. The van der Waals surface area contributed by atoms with Gasteiger partial charge in [-0.05, 0) is 49.3 Å². The van der Waals surface area contributed by atoms with E-state index in [0.717, 1.165) is 24.4 Å². The minimum absolute atomic E-state index is 0.0134. The first kappa shape index (κ1) is 17.5. The molecule has 0 spiro atoms. The van der Waals surface area contributed by atoms with E-state index >= 15 is 0 Å². The zero-order valence-electron chi connectivity index (χ0n) is 14.1. The van der Waals surface area contributed by atoms with E-state index in [0.29, 0.717) is 24.4 Å². The van der Waals surface area contributed by atoms with Gasteiger partial charge in [-0.3, -0.25) is 9.59 Å². The maximum absolute atomic E-state index is 12.8. The van der Waals surface area contributed by atoms with Gasteiger partial charge in [0.25, 0.3) is 11.8 Å². The van der Waals surface area contributed by atoms with Gasteiger partial charge in [-0.1, -0.05) is 0 Å². The fraction of sp³-hybridized carbons (Fsp3) is 0.389. The average Bonchev–Trinajstić information content (AvgIpc) is 3.20. The molecule has 2 aromatic heterocycles. The molecule has 1 aliphatic rings. The number of amides is 2. The van der Waals surface area contributed by atoms with Crippen LogP contribution in [0.4, 0.5) is 0 Å². The van der Waals surface area contributed by atoms with Crippen LogP contribution in [0.5, 0.6) is 0 Å². The number of thioether (sulfide) groups is 1. The van der Waals surface area contributed by atoms with Crippen LogP contribution in [0.2, 0.25) is 0 Å². The van der Waals surface area contributed by atoms with E-state index in [4.69, 9.17) is 4.42 Å². The highest BCUT2D eigenvalue weighted by Gasteiger charge is 2.26. The first-order valence-electron chi connectivity index (χ1n) is 8.29. The highest BCUT2D eigenvalue weighted by molar-refractivity contribution is 7.98. The number of hydrogen-bond donors (Lipinski definition) is 1. The van der Waals surface area contributed by atoms with Crippen molar-refractivity contribution >= 4 is 23.6 Å². The van der Waals surface area contributed by atoms with Crippen LogP contribution in [-0.4, -0.2) is 47.6 Å². The van der Waals surface area contributed by atoms with Gasteiger partial charge in [-0.2, -0.15) is 0 Å². The van der Waals surface area contributed by atoms with E-state index in [9.17, 15) is 9.59 Å². The predicted octanol–water partition coefficient (Wildman–Crippen LogP) is 2.68. The summed E-state index contributed by atoms with van der Waals surface area (Å²) in [5.41, 5.74) is 0.648. The topological polar surface area (TPSA) is 75.4 Å². The molecule has 132 valence electrons. The molecule has 0 aliphatic carbocycles. The summed E-state index contributed by atoms with van der Waals surface area (Å²) in [5, 5.41) is 3.64. The Hall–Kier alpha value is -2.28. The van der Waals surface area contributed by atoms with Gasteiger partial charge in [0.1, 0.15) is 5.03 Å². The van der Waals surface area contributed by atoms with Crippen molar-refractivity contribution in [3.8, 4) is 0 Å². The number of rotatable bonds is 5. The molecule has 0 bridgehead atoms. The van der Waals surface area contributed by atoms with Gasteiger partial charge in [0.2, 0.25) is 0 Å².